The normalized spacial score (nSPS) is 10.3. The Morgan fingerprint density at radius 1 is 1.10 bits per heavy atom. The van der Waals surface area contributed by atoms with Crippen molar-refractivity contribution in [2.45, 2.75) is 6.42 Å². The molecular weight excluding hydrogens is 321 g/mol. The van der Waals surface area contributed by atoms with Gasteiger partial charge in [-0.3, -0.25) is 4.79 Å². The average Bonchev–Trinajstić information content (AvgIpc) is 2.38. The number of carbonyl (C=O) groups excluding carboxylic acids is 1. The van der Waals surface area contributed by atoms with Gasteiger partial charge in [-0.1, -0.05) is 53.0 Å². The van der Waals surface area contributed by atoms with Crippen LogP contribution in [0.1, 0.15) is 5.56 Å². The number of phenols is 1. The van der Waals surface area contributed by atoms with E-state index in [-0.39, 0.29) is 28.8 Å². The molecule has 0 radical (unpaired) electrons. The molecule has 0 bridgehead atoms. The maximum Gasteiger partial charge on any atom is 0.228 e. The quantitative estimate of drug-likeness (QED) is 0.812. The molecule has 0 aliphatic rings. The molecule has 0 fully saturated rings. The number of hydrogen-bond donors (Lipinski definition) is 2. The number of hydrogen-bond acceptors (Lipinski definition) is 2. The number of rotatable bonds is 3. The van der Waals surface area contributed by atoms with Gasteiger partial charge in [0.25, 0.3) is 0 Å². The number of halogens is 3. The monoisotopic (exact) mass is 329 g/mol. The van der Waals surface area contributed by atoms with Crippen LogP contribution in [-0.2, 0) is 11.2 Å². The van der Waals surface area contributed by atoms with Crippen molar-refractivity contribution in [3.8, 4) is 5.75 Å². The largest absolute Gasteiger partial charge is 0.504 e. The molecule has 20 heavy (non-hydrogen) atoms. The minimum atomic E-state index is -0.327. The van der Waals surface area contributed by atoms with Crippen molar-refractivity contribution in [1.29, 1.82) is 0 Å². The van der Waals surface area contributed by atoms with Crippen molar-refractivity contribution in [3.05, 3.63) is 57.0 Å². The summed E-state index contributed by atoms with van der Waals surface area (Å²) < 4.78 is 0. The van der Waals surface area contributed by atoms with Crippen molar-refractivity contribution in [2.24, 2.45) is 0 Å². The zero-order valence-corrected chi connectivity index (χ0v) is 12.4. The second-order valence-corrected chi connectivity index (χ2v) is 5.35. The Labute approximate surface area is 131 Å². The highest BCUT2D eigenvalue weighted by Crippen LogP contribution is 2.35. The zero-order valence-electron chi connectivity index (χ0n) is 10.2. The molecular formula is C14H10Cl3NO2. The van der Waals surface area contributed by atoms with Crippen molar-refractivity contribution in [1.82, 2.24) is 0 Å². The van der Waals surface area contributed by atoms with Crippen LogP contribution in [0.2, 0.25) is 15.1 Å². The summed E-state index contributed by atoms with van der Waals surface area (Å²) >= 11 is 17.6. The summed E-state index contributed by atoms with van der Waals surface area (Å²) in [5.41, 5.74) is 0.860. The van der Waals surface area contributed by atoms with Crippen LogP contribution in [0.5, 0.6) is 5.75 Å². The molecule has 6 heteroatoms. The smallest absolute Gasteiger partial charge is 0.228 e. The van der Waals surface area contributed by atoms with E-state index in [1.807, 2.05) is 0 Å². The lowest BCUT2D eigenvalue weighted by atomic mass is 10.1. The molecule has 0 saturated carbocycles. The molecule has 0 spiro atoms. The second kappa shape index (κ2) is 6.35. The summed E-state index contributed by atoms with van der Waals surface area (Å²) in [6, 6.07) is 9.86. The summed E-state index contributed by atoms with van der Waals surface area (Å²) in [6.07, 6.45) is 0.0866. The Balaban J connectivity index is 2.15. The second-order valence-electron chi connectivity index (χ2n) is 4.10. The van der Waals surface area contributed by atoms with Crippen LogP contribution >= 0.6 is 34.8 Å². The SMILES string of the molecule is O=C(Cc1ccccc1Cl)Nc1cc(Cl)cc(Cl)c1O. The van der Waals surface area contributed by atoms with Crippen molar-refractivity contribution >= 4 is 46.4 Å². The van der Waals surface area contributed by atoms with Gasteiger partial charge in [0.15, 0.2) is 5.75 Å². The van der Waals surface area contributed by atoms with E-state index in [0.29, 0.717) is 15.6 Å². The molecule has 0 aliphatic heterocycles. The van der Waals surface area contributed by atoms with Crippen LogP contribution in [-0.4, -0.2) is 11.0 Å². The summed E-state index contributed by atoms with van der Waals surface area (Å²) in [5.74, 6) is -0.546. The van der Waals surface area contributed by atoms with Crippen molar-refractivity contribution in [2.75, 3.05) is 5.32 Å². The third-order valence-electron chi connectivity index (χ3n) is 2.61. The van der Waals surface area contributed by atoms with E-state index in [2.05, 4.69) is 5.32 Å². The predicted octanol–water partition coefficient (Wildman–Crippen LogP) is 4.53. The molecule has 3 nitrogen and oxygen atoms in total. The fourth-order valence-corrected chi connectivity index (χ4v) is 2.37. The lowest BCUT2D eigenvalue weighted by Crippen LogP contribution is -2.14. The number of aromatic hydroxyl groups is 1. The highest BCUT2D eigenvalue weighted by molar-refractivity contribution is 6.36. The molecule has 1 amide bonds. The van der Waals surface area contributed by atoms with Crippen LogP contribution in [0.4, 0.5) is 5.69 Å². The third kappa shape index (κ3) is 3.57. The molecule has 104 valence electrons. The number of benzene rings is 2. The first kappa shape index (κ1) is 15.0. The summed E-state index contributed by atoms with van der Waals surface area (Å²) in [7, 11) is 0. The fourth-order valence-electron chi connectivity index (χ4n) is 1.67. The first-order valence-corrected chi connectivity index (χ1v) is 6.82. The highest BCUT2D eigenvalue weighted by Gasteiger charge is 2.12. The lowest BCUT2D eigenvalue weighted by molar-refractivity contribution is -0.115. The van der Waals surface area contributed by atoms with Gasteiger partial charge >= 0.3 is 0 Å². The Morgan fingerprint density at radius 3 is 2.50 bits per heavy atom. The third-order valence-corrected chi connectivity index (χ3v) is 3.49. The average molecular weight is 331 g/mol. The van der Waals surface area contributed by atoms with Gasteiger partial charge in [0.05, 0.1) is 17.1 Å². The van der Waals surface area contributed by atoms with Gasteiger partial charge < -0.3 is 10.4 Å². The standard InChI is InChI=1S/C14H10Cl3NO2/c15-9-6-11(17)14(20)12(7-9)18-13(19)5-8-3-1-2-4-10(8)16/h1-4,6-7,20H,5H2,(H,18,19). The van der Waals surface area contributed by atoms with Gasteiger partial charge in [-0.15, -0.1) is 0 Å². The van der Waals surface area contributed by atoms with E-state index in [4.69, 9.17) is 34.8 Å². The maximum absolute atomic E-state index is 11.9. The summed E-state index contributed by atoms with van der Waals surface area (Å²) in [5, 5.41) is 13.2. The molecule has 0 aromatic heterocycles. The Bertz CT molecular complexity index is 659. The van der Waals surface area contributed by atoms with Gasteiger partial charge in [0.1, 0.15) is 0 Å². The van der Waals surface area contributed by atoms with Gasteiger partial charge in [0.2, 0.25) is 5.91 Å². The van der Waals surface area contributed by atoms with Crippen LogP contribution in [0.25, 0.3) is 0 Å². The molecule has 0 unspecified atom stereocenters. The van der Waals surface area contributed by atoms with E-state index in [1.54, 1.807) is 24.3 Å². The van der Waals surface area contributed by atoms with Gasteiger partial charge in [0, 0.05) is 10.0 Å². The first-order valence-electron chi connectivity index (χ1n) is 5.68. The van der Waals surface area contributed by atoms with E-state index in [9.17, 15) is 9.90 Å². The summed E-state index contributed by atoms with van der Waals surface area (Å²) in [4.78, 5) is 11.9. The van der Waals surface area contributed by atoms with Crippen molar-refractivity contribution < 1.29 is 9.90 Å². The molecule has 0 aliphatic carbocycles. The topological polar surface area (TPSA) is 49.3 Å². The molecule has 2 aromatic carbocycles. The van der Waals surface area contributed by atoms with E-state index < -0.39 is 0 Å². The van der Waals surface area contributed by atoms with Crippen LogP contribution < -0.4 is 5.32 Å². The van der Waals surface area contributed by atoms with Crippen LogP contribution in [0.3, 0.4) is 0 Å². The lowest BCUT2D eigenvalue weighted by Gasteiger charge is -2.09. The maximum atomic E-state index is 11.9. The molecule has 2 aromatic rings. The fraction of sp³-hybridized carbons (Fsp3) is 0.0714. The van der Waals surface area contributed by atoms with E-state index in [1.165, 1.54) is 12.1 Å². The Morgan fingerprint density at radius 2 is 1.80 bits per heavy atom. The van der Waals surface area contributed by atoms with E-state index >= 15 is 0 Å². The van der Waals surface area contributed by atoms with Crippen LogP contribution in [0, 0.1) is 0 Å². The Hall–Kier alpha value is -1.42. The van der Waals surface area contributed by atoms with E-state index in [0.717, 1.165) is 0 Å². The van der Waals surface area contributed by atoms with Crippen LogP contribution in [0.15, 0.2) is 36.4 Å². The number of nitrogens with one attached hydrogen (secondary N) is 1. The highest BCUT2D eigenvalue weighted by atomic mass is 35.5. The summed E-state index contributed by atoms with van der Waals surface area (Å²) in [6.45, 7) is 0. The number of phenolic OH excluding ortho intramolecular Hbond substituents is 1. The zero-order chi connectivity index (χ0) is 14.7. The Kier molecular flexibility index (Phi) is 4.76. The minimum absolute atomic E-state index is 0.0746. The molecule has 2 N–H and O–H groups in total. The molecule has 0 atom stereocenters. The van der Waals surface area contributed by atoms with Gasteiger partial charge in [-0.25, -0.2) is 0 Å². The molecule has 2 rings (SSSR count). The number of anilines is 1. The van der Waals surface area contributed by atoms with Crippen molar-refractivity contribution in [3.63, 3.8) is 0 Å². The first-order chi connectivity index (χ1) is 9.47. The van der Waals surface area contributed by atoms with Gasteiger partial charge in [-0.2, -0.15) is 0 Å². The molecule has 0 heterocycles. The minimum Gasteiger partial charge on any atom is -0.504 e. The number of carbonyl (C=O) groups is 1. The number of amides is 1. The molecule has 0 saturated heterocycles. The van der Waals surface area contributed by atoms with Gasteiger partial charge in [-0.05, 0) is 23.8 Å². The predicted molar refractivity (Wildman–Crippen MR) is 81.9 cm³/mol.